The van der Waals surface area contributed by atoms with E-state index in [0.29, 0.717) is 0 Å². The van der Waals surface area contributed by atoms with Crippen LogP contribution in [0.4, 0.5) is 0 Å². The maximum Gasteiger partial charge on any atom is -0.00398 e. The van der Waals surface area contributed by atoms with E-state index in [9.17, 15) is 0 Å². The SMILES string of the molecule is C/C=C\C=C(/CC)CCN.CC.CCC. The molecule has 0 unspecified atom stereocenters. The van der Waals surface area contributed by atoms with Crippen molar-refractivity contribution in [1.29, 1.82) is 0 Å². The van der Waals surface area contributed by atoms with Crippen LogP contribution in [0.2, 0.25) is 0 Å². The fourth-order valence-corrected chi connectivity index (χ4v) is 0.796. The van der Waals surface area contributed by atoms with E-state index in [1.807, 2.05) is 26.8 Å². The average Bonchev–Trinajstić information content (AvgIpc) is 2.28. The van der Waals surface area contributed by atoms with Crippen molar-refractivity contribution in [1.82, 2.24) is 0 Å². The predicted molar refractivity (Wildman–Crippen MR) is 74.2 cm³/mol. The van der Waals surface area contributed by atoms with Crippen LogP contribution >= 0.6 is 0 Å². The molecule has 0 radical (unpaired) electrons. The molecule has 0 aromatic rings. The van der Waals surface area contributed by atoms with Crippen LogP contribution < -0.4 is 5.73 Å². The molecular formula is C14H31N. The number of hydrogen-bond acceptors (Lipinski definition) is 1. The van der Waals surface area contributed by atoms with Gasteiger partial charge in [-0.05, 0) is 26.3 Å². The summed E-state index contributed by atoms with van der Waals surface area (Å²) in [6, 6.07) is 0. The number of allylic oxidation sites excluding steroid dienone is 3. The van der Waals surface area contributed by atoms with Gasteiger partial charge in [0.15, 0.2) is 0 Å². The van der Waals surface area contributed by atoms with Crippen LogP contribution in [-0.4, -0.2) is 6.54 Å². The Kier molecular flexibility index (Phi) is 31.0. The van der Waals surface area contributed by atoms with Crippen LogP contribution in [0.25, 0.3) is 0 Å². The van der Waals surface area contributed by atoms with Crippen molar-refractivity contribution in [3.8, 4) is 0 Å². The Morgan fingerprint density at radius 1 is 1.13 bits per heavy atom. The van der Waals surface area contributed by atoms with Gasteiger partial charge in [0.1, 0.15) is 0 Å². The van der Waals surface area contributed by atoms with Crippen molar-refractivity contribution >= 4 is 0 Å². The van der Waals surface area contributed by atoms with Crippen LogP contribution in [0.1, 0.15) is 60.8 Å². The number of rotatable bonds is 4. The molecule has 2 N–H and O–H groups in total. The van der Waals surface area contributed by atoms with Gasteiger partial charge in [0.05, 0.1) is 0 Å². The van der Waals surface area contributed by atoms with Gasteiger partial charge in [0.25, 0.3) is 0 Å². The zero-order valence-corrected chi connectivity index (χ0v) is 11.6. The van der Waals surface area contributed by atoms with Crippen molar-refractivity contribution in [2.45, 2.75) is 60.8 Å². The highest BCUT2D eigenvalue weighted by Crippen LogP contribution is 2.04. The first kappa shape index (κ1) is 19.9. The summed E-state index contributed by atoms with van der Waals surface area (Å²) in [4.78, 5) is 0. The van der Waals surface area contributed by atoms with Gasteiger partial charge in [-0.15, -0.1) is 0 Å². The third-order valence-corrected chi connectivity index (χ3v) is 1.44. The second-order valence-electron chi connectivity index (χ2n) is 2.95. The Morgan fingerprint density at radius 2 is 1.60 bits per heavy atom. The molecule has 0 saturated heterocycles. The van der Waals surface area contributed by atoms with Gasteiger partial charge >= 0.3 is 0 Å². The summed E-state index contributed by atoms with van der Waals surface area (Å²) in [5.41, 5.74) is 6.84. The van der Waals surface area contributed by atoms with Gasteiger partial charge in [-0.25, -0.2) is 0 Å². The maximum absolute atomic E-state index is 5.41. The molecule has 0 amide bonds. The van der Waals surface area contributed by atoms with E-state index < -0.39 is 0 Å². The fraction of sp³-hybridized carbons (Fsp3) is 0.714. The van der Waals surface area contributed by atoms with Crippen molar-refractivity contribution in [3.63, 3.8) is 0 Å². The molecule has 0 aliphatic heterocycles. The molecule has 1 nitrogen and oxygen atoms in total. The first-order chi connectivity index (χ1) is 7.26. The molecule has 0 aromatic heterocycles. The highest BCUT2D eigenvalue weighted by molar-refractivity contribution is 5.11. The number of hydrogen-bond donors (Lipinski definition) is 1. The second-order valence-corrected chi connectivity index (χ2v) is 2.95. The van der Waals surface area contributed by atoms with Crippen LogP contribution in [0, 0.1) is 0 Å². The van der Waals surface area contributed by atoms with Crippen molar-refractivity contribution in [2.75, 3.05) is 6.54 Å². The molecule has 0 saturated carbocycles. The van der Waals surface area contributed by atoms with Crippen LogP contribution in [0.3, 0.4) is 0 Å². The Labute approximate surface area is 97.5 Å². The lowest BCUT2D eigenvalue weighted by Crippen LogP contribution is -1.99. The van der Waals surface area contributed by atoms with Crippen LogP contribution in [0.5, 0.6) is 0 Å². The van der Waals surface area contributed by atoms with Gasteiger partial charge in [-0.3, -0.25) is 0 Å². The van der Waals surface area contributed by atoms with Gasteiger partial charge in [-0.1, -0.05) is 64.8 Å². The minimum absolute atomic E-state index is 0.761. The first-order valence-electron chi connectivity index (χ1n) is 6.27. The van der Waals surface area contributed by atoms with Crippen LogP contribution in [-0.2, 0) is 0 Å². The third-order valence-electron chi connectivity index (χ3n) is 1.44. The Balaban J connectivity index is -0.000000245. The summed E-state index contributed by atoms with van der Waals surface area (Å²) >= 11 is 0. The Bertz CT molecular complexity index is 134. The van der Waals surface area contributed by atoms with Gasteiger partial charge in [-0.2, -0.15) is 0 Å². The zero-order valence-electron chi connectivity index (χ0n) is 11.6. The van der Waals surface area contributed by atoms with Crippen LogP contribution in [0.15, 0.2) is 23.8 Å². The quantitative estimate of drug-likeness (QED) is 0.674. The lowest BCUT2D eigenvalue weighted by atomic mass is 10.1. The molecule has 0 aliphatic carbocycles. The van der Waals surface area contributed by atoms with E-state index in [4.69, 9.17) is 5.73 Å². The van der Waals surface area contributed by atoms with Gasteiger partial charge in [0, 0.05) is 0 Å². The topological polar surface area (TPSA) is 26.0 Å². The Hall–Kier alpha value is -0.560. The summed E-state index contributed by atoms with van der Waals surface area (Å²) in [5, 5.41) is 0. The smallest absolute Gasteiger partial charge is 0.00398 e. The predicted octanol–water partition coefficient (Wildman–Crippen LogP) is 4.69. The molecule has 0 rings (SSSR count). The molecule has 0 fully saturated rings. The highest BCUT2D eigenvalue weighted by atomic mass is 14.5. The molecule has 92 valence electrons. The summed E-state index contributed by atoms with van der Waals surface area (Å²) in [5.74, 6) is 0. The lowest BCUT2D eigenvalue weighted by Gasteiger charge is -1.98. The molecule has 15 heavy (non-hydrogen) atoms. The van der Waals surface area contributed by atoms with E-state index in [1.54, 1.807) is 0 Å². The molecule has 0 aromatic carbocycles. The van der Waals surface area contributed by atoms with E-state index in [2.05, 4.69) is 32.9 Å². The third kappa shape index (κ3) is 24.7. The molecule has 0 heterocycles. The average molecular weight is 213 g/mol. The van der Waals surface area contributed by atoms with E-state index in [1.165, 1.54) is 12.0 Å². The Morgan fingerprint density at radius 3 is 1.87 bits per heavy atom. The molecule has 0 atom stereocenters. The van der Waals surface area contributed by atoms with E-state index in [0.717, 1.165) is 19.4 Å². The summed E-state index contributed by atoms with van der Waals surface area (Å²) < 4.78 is 0. The lowest BCUT2D eigenvalue weighted by molar-refractivity contribution is 0.894. The highest BCUT2D eigenvalue weighted by Gasteiger charge is 1.88. The summed E-state index contributed by atoms with van der Waals surface area (Å²) in [7, 11) is 0. The van der Waals surface area contributed by atoms with E-state index in [-0.39, 0.29) is 0 Å². The minimum Gasteiger partial charge on any atom is -0.330 e. The largest absolute Gasteiger partial charge is 0.330 e. The number of nitrogens with two attached hydrogens (primary N) is 1. The maximum atomic E-state index is 5.41. The monoisotopic (exact) mass is 213 g/mol. The molecule has 1 heteroatoms. The van der Waals surface area contributed by atoms with E-state index >= 15 is 0 Å². The van der Waals surface area contributed by atoms with Crippen molar-refractivity contribution < 1.29 is 0 Å². The van der Waals surface area contributed by atoms with Gasteiger partial charge < -0.3 is 5.73 Å². The van der Waals surface area contributed by atoms with Crippen molar-refractivity contribution in [3.05, 3.63) is 23.8 Å². The summed E-state index contributed by atoms with van der Waals surface area (Å²) in [6.07, 6.45) is 9.63. The minimum atomic E-state index is 0.761. The molecular weight excluding hydrogens is 182 g/mol. The summed E-state index contributed by atoms with van der Waals surface area (Å²) in [6.45, 7) is 13.2. The van der Waals surface area contributed by atoms with Gasteiger partial charge in [0.2, 0.25) is 0 Å². The standard InChI is InChI=1S/C9H17N.C3H8.C2H6/c1-3-5-6-9(4-2)7-8-10;1-3-2;1-2/h3,5-6H,4,7-8,10H2,1-2H3;3H2,1-2H3;1-2H3/b5-3-,9-6+;;. The fourth-order valence-electron chi connectivity index (χ4n) is 0.796. The zero-order chi connectivity index (χ0) is 12.5. The first-order valence-corrected chi connectivity index (χ1v) is 6.27. The molecule has 0 aliphatic rings. The molecule has 0 spiro atoms. The second kappa shape index (κ2) is 23.3. The molecule has 0 bridgehead atoms. The normalized spacial score (nSPS) is 10.2. The van der Waals surface area contributed by atoms with Crippen molar-refractivity contribution in [2.24, 2.45) is 5.73 Å².